The van der Waals surface area contributed by atoms with E-state index in [0.717, 1.165) is 5.56 Å². The van der Waals surface area contributed by atoms with Gasteiger partial charge in [-0.15, -0.1) is 0 Å². The average Bonchev–Trinajstić information content (AvgIpc) is 3.09. The molecule has 0 aliphatic heterocycles. The lowest BCUT2D eigenvalue weighted by atomic mass is 9.93. The number of aliphatic hydroxyl groups is 1. The fraction of sp³-hybridized carbons (Fsp3) is 0.263. The summed E-state index contributed by atoms with van der Waals surface area (Å²) in [6.07, 6.45) is 2.92. The lowest BCUT2D eigenvalue weighted by Crippen LogP contribution is -2.30. The van der Waals surface area contributed by atoms with Gasteiger partial charge in [-0.3, -0.25) is 4.79 Å². The topological polar surface area (TPSA) is 86.3 Å². The van der Waals surface area contributed by atoms with Gasteiger partial charge in [-0.1, -0.05) is 30.3 Å². The molecule has 1 amide bonds. The van der Waals surface area contributed by atoms with Gasteiger partial charge in [0.1, 0.15) is 17.4 Å². The van der Waals surface area contributed by atoms with Gasteiger partial charge >= 0.3 is 0 Å². The standard InChI is InChI=1S/C19H20N2O3/c1-14(22)10-17(15-6-3-2-4-7-15)13-21-19(23)16(12-20)11-18-8-5-9-24-18/h2-9,11,14,17,22H,10,13H2,1H3,(H,21,23)/b16-11+. The third-order valence-electron chi connectivity index (χ3n) is 3.60. The van der Waals surface area contributed by atoms with E-state index in [9.17, 15) is 9.90 Å². The Kier molecular flexibility index (Phi) is 6.35. The van der Waals surface area contributed by atoms with Crippen LogP contribution < -0.4 is 5.32 Å². The van der Waals surface area contributed by atoms with Gasteiger partial charge < -0.3 is 14.8 Å². The predicted octanol–water partition coefficient (Wildman–Crippen LogP) is 2.86. The van der Waals surface area contributed by atoms with Gasteiger partial charge in [0.05, 0.1) is 12.4 Å². The zero-order valence-corrected chi connectivity index (χ0v) is 13.5. The van der Waals surface area contributed by atoms with E-state index >= 15 is 0 Å². The quantitative estimate of drug-likeness (QED) is 0.606. The first-order chi connectivity index (χ1) is 11.6. The average molecular weight is 324 g/mol. The number of carbonyl (C=O) groups excluding carboxylic acids is 1. The summed E-state index contributed by atoms with van der Waals surface area (Å²) in [5.41, 5.74) is 1.01. The normalized spacial score (nSPS) is 13.8. The van der Waals surface area contributed by atoms with Crippen molar-refractivity contribution in [3.63, 3.8) is 0 Å². The van der Waals surface area contributed by atoms with Crippen molar-refractivity contribution in [2.45, 2.75) is 25.4 Å². The highest BCUT2D eigenvalue weighted by molar-refractivity contribution is 6.01. The SMILES string of the molecule is CC(O)CC(CNC(=O)/C(C#N)=C/c1ccco1)c1ccccc1. The summed E-state index contributed by atoms with van der Waals surface area (Å²) in [5.74, 6) is -0.0376. The number of hydrogen-bond donors (Lipinski definition) is 2. The van der Waals surface area contributed by atoms with Gasteiger partial charge in [-0.25, -0.2) is 0 Å². The largest absolute Gasteiger partial charge is 0.465 e. The number of aliphatic hydroxyl groups excluding tert-OH is 1. The van der Waals surface area contributed by atoms with E-state index in [1.807, 2.05) is 36.4 Å². The van der Waals surface area contributed by atoms with Crippen LogP contribution in [0, 0.1) is 11.3 Å². The minimum atomic E-state index is -0.485. The fourth-order valence-electron chi connectivity index (χ4n) is 2.45. The number of hydrogen-bond acceptors (Lipinski definition) is 4. The second-order valence-electron chi connectivity index (χ2n) is 5.59. The molecule has 1 aromatic carbocycles. The van der Waals surface area contributed by atoms with Crippen molar-refractivity contribution >= 4 is 12.0 Å². The van der Waals surface area contributed by atoms with Crippen molar-refractivity contribution in [1.82, 2.24) is 5.32 Å². The van der Waals surface area contributed by atoms with Crippen LogP contribution in [0.4, 0.5) is 0 Å². The van der Waals surface area contributed by atoms with Crippen molar-refractivity contribution < 1.29 is 14.3 Å². The monoisotopic (exact) mass is 324 g/mol. The number of amides is 1. The molecule has 0 aliphatic rings. The molecule has 124 valence electrons. The zero-order valence-electron chi connectivity index (χ0n) is 13.5. The third-order valence-corrected chi connectivity index (χ3v) is 3.60. The highest BCUT2D eigenvalue weighted by Crippen LogP contribution is 2.20. The Morgan fingerprint density at radius 3 is 2.67 bits per heavy atom. The van der Waals surface area contributed by atoms with E-state index < -0.39 is 12.0 Å². The Hall–Kier alpha value is -2.84. The van der Waals surface area contributed by atoms with Crippen LogP contribution >= 0.6 is 0 Å². The van der Waals surface area contributed by atoms with E-state index in [2.05, 4.69) is 5.32 Å². The molecule has 5 nitrogen and oxygen atoms in total. The first-order valence-corrected chi connectivity index (χ1v) is 7.76. The predicted molar refractivity (Wildman–Crippen MR) is 90.8 cm³/mol. The van der Waals surface area contributed by atoms with Crippen LogP contribution in [0.25, 0.3) is 6.08 Å². The summed E-state index contributed by atoms with van der Waals surface area (Å²) in [4.78, 5) is 12.2. The minimum Gasteiger partial charge on any atom is -0.465 e. The summed E-state index contributed by atoms with van der Waals surface area (Å²) >= 11 is 0. The maximum Gasteiger partial charge on any atom is 0.262 e. The number of benzene rings is 1. The van der Waals surface area contributed by atoms with E-state index in [1.54, 1.807) is 19.1 Å². The maximum absolute atomic E-state index is 12.2. The molecule has 5 heteroatoms. The molecule has 0 spiro atoms. The highest BCUT2D eigenvalue weighted by Gasteiger charge is 2.17. The summed E-state index contributed by atoms with van der Waals surface area (Å²) in [5, 5.41) is 21.6. The van der Waals surface area contributed by atoms with Crippen molar-refractivity contribution in [1.29, 1.82) is 5.26 Å². The Labute approximate surface area is 141 Å². The number of nitriles is 1. The third kappa shape index (κ3) is 5.11. The number of rotatable bonds is 7. The van der Waals surface area contributed by atoms with E-state index in [-0.39, 0.29) is 11.5 Å². The molecule has 2 N–H and O–H groups in total. The molecule has 24 heavy (non-hydrogen) atoms. The number of carbonyl (C=O) groups is 1. The fourth-order valence-corrected chi connectivity index (χ4v) is 2.45. The van der Waals surface area contributed by atoms with Gasteiger partial charge in [0, 0.05) is 18.5 Å². The summed E-state index contributed by atoms with van der Waals surface area (Å²) in [7, 11) is 0. The molecule has 2 aromatic rings. The van der Waals surface area contributed by atoms with Crippen LogP contribution in [0.2, 0.25) is 0 Å². The molecule has 2 unspecified atom stereocenters. The van der Waals surface area contributed by atoms with Crippen molar-refractivity contribution in [3.05, 3.63) is 65.6 Å². The summed E-state index contributed by atoms with van der Waals surface area (Å²) in [6.45, 7) is 2.06. The number of nitrogens with zero attached hydrogens (tertiary/aromatic N) is 1. The Bertz CT molecular complexity index is 713. The van der Waals surface area contributed by atoms with Crippen LogP contribution in [0.3, 0.4) is 0 Å². The number of nitrogens with one attached hydrogen (secondary N) is 1. The van der Waals surface area contributed by atoms with Crippen LogP contribution in [0.5, 0.6) is 0 Å². The Balaban J connectivity index is 2.05. The van der Waals surface area contributed by atoms with Crippen LogP contribution in [-0.2, 0) is 4.79 Å². The molecular weight excluding hydrogens is 304 g/mol. The zero-order chi connectivity index (χ0) is 17.4. The molecule has 0 saturated carbocycles. The smallest absolute Gasteiger partial charge is 0.262 e. The Morgan fingerprint density at radius 2 is 2.08 bits per heavy atom. The van der Waals surface area contributed by atoms with E-state index in [0.29, 0.717) is 18.7 Å². The minimum absolute atomic E-state index is 0.0196. The second-order valence-corrected chi connectivity index (χ2v) is 5.59. The van der Waals surface area contributed by atoms with Gasteiger partial charge in [0.2, 0.25) is 0 Å². The van der Waals surface area contributed by atoms with Crippen LogP contribution in [0.15, 0.2) is 58.7 Å². The van der Waals surface area contributed by atoms with Crippen molar-refractivity contribution in [2.24, 2.45) is 0 Å². The molecule has 1 aromatic heterocycles. The second kappa shape index (κ2) is 8.70. The Morgan fingerprint density at radius 1 is 1.33 bits per heavy atom. The van der Waals surface area contributed by atoms with Crippen molar-refractivity contribution in [2.75, 3.05) is 6.54 Å². The molecular formula is C19H20N2O3. The first kappa shape index (κ1) is 17.5. The summed E-state index contributed by atoms with van der Waals surface area (Å²) in [6, 6.07) is 14.9. The van der Waals surface area contributed by atoms with Gasteiger partial charge in [0.15, 0.2) is 0 Å². The van der Waals surface area contributed by atoms with Crippen molar-refractivity contribution in [3.8, 4) is 6.07 Å². The molecule has 0 aliphatic carbocycles. The maximum atomic E-state index is 12.2. The molecule has 0 saturated heterocycles. The molecule has 0 bridgehead atoms. The van der Waals surface area contributed by atoms with E-state index in [1.165, 1.54) is 12.3 Å². The highest BCUT2D eigenvalue weighted by atomic mass is 16.3. The number of furan rings is 1. The van der Waals surface area contributed by atoms with Gasteiger partial charge in [0.25, 0.3) is 5.91 Å². The van der Waals surface area contributed by atoms with Gasteiger partial charge in [-0.05, 0) is 31.0 Å². The molecule has 0 radical (unpaired) electrons. The molecule has 1 heterocycles. The molecule has 2 atom stereocenters. The van der Waals surface area contributed by atoms with Crippen LogP contribution in [-0.4, -0.2) is 23.7 Å². The van der Waals surface area contributed by atoms with Gasteiger partial charge in [-0.2, -0.15) is 5.26 Å². The summed E-state index contributed by atoms with van der Waals surface area (Å²) < 4.78 is 5.12. The molecule has 2 rings (SSSR count). The first-order valence-electron chi connectivity index (χ1n) is 7.76. The van der Waals surface area contributed by atoms with E-state index in [4.69, 9.17) is 9.68 Å². The molecule has 0 fully saturated rings. The lowest BCUT2D eigenvalue weighted by molar-refractivity contribution is -0.117. The van der Waals surface area contributed by atoms with Crippen LogP contribution in [0.1, 0.15) is 30.6 Å². The lowest BCUT2D eigenvalue weighted by Gasteiger charge is -2.19.